The molecule has 142 valence electrons. The molecule has 3 N–H and O–H groups in total. The smallest absolute Gasteiger partial charge is 0.161 e. The predicted molar refractivity (Wildman–Crippen MR) is 103 cm³/mol. The Kier molecular flexibility index (Phi) is 8.64. The molecule has 1 aromatic heterocycles. The van der Waals surface area contributed by atoms with Crippen molar-refractivity contribution in [1.82, 2.24) is 15.6 Å². The van der Waals surface area contributed by atoms with Crippen molar-refractivity contribution in [3.05, 3.63) is 52.8 Å². The number of aliphatic hydroxyl groups excluding tert-OH is 1. The molecule has 0 aliphatic heterocycles. The Morgan fingerprint density at radius 1 is 1.12 bits per heavy atom. The molecule has 6 nitrogen and oxygen atoms in total. The van der Waals surface area contributed by atoms with E-state index in [1.165, 1.54) is 0 Å². The van der Waals surface area contributed by atoms with Gasteiger partial charge in [0.25, 0.3) is 0 Å². The second-order valence-corrected chi connectivity index (χ2v) is 6.38. The van der Waals surface area contributed by atoms with Crippen LogP contribution in [0.4, 0.5) is 0 Å². The largest absolute Gasteiger partial charge is 0.493 e. The molecule has 0 aliphatic carbocycles. The molecule has 2 aromatic rings. The molecule has 0 fully saturated rings. The maximum Gasteiger partial charge on any atom is 0.161 e. The average Bonchev–Trinajstić information content (AvgIpc) is 2.64. The van der Waals surface area contributed by atoms with E-state index in [1.54, 1.807) is 26.3 Å². The first-order valence-electron chi connectivity index (χ1n) is 8.58. The van der Waals surface area contributed by atoms with Gasteiger partial charge < -0.3 is 25.2 Å². The van der Waals surface area contributed by atoms with Crippen LogP contribution in [0.2, 0.25) is 5.15 Å². The van der Waals surface area contributed by atoms with Gasteiger partial charge in [0.15, 0.2) is 11.5 Å². The van der Waals surface area contributed by atoms with E-state index in [0.29, 0.717) is 29.8 Å². The molecule has 0 unspecified atom stereocenters. The Balaban J connectivity index is 1.81. The Labute approximate surface area is 159 Å². The van der Waals surface area contributed by atoms with Gasteiger partial charge in [-0.1, -0.05) is 23.7 Å². The minimum absolute atomic E-state index is 0.324. The van der Waals surface area contributed by atoms with Crippen LogP contribution in [0.25, 0.3) is 0 Å². The molecule has 0 aliphatic rings. The summed E-state index contributed by atoms with van der Waals surface area (Å²) in [6, 6.07) is 9.50. The summed E-state index contributed by atoms with van der Waals surface area (Å²) < 4.78 is 11.3. The molecule has 1 atom stereocenters. The van der Waals surface area contributed by atoms with Gasteiger partial charge in [-0.15, -0.1) is 0 Å². The van der Waals surface area contributed by atoms with Crippen LogP contribution in [0.15, 0.2) is 36.5 Å². The van der Waals surface area contributed by atoms with Crippen molar-refractivity contribution in [2.24, 2.45) is 0 Å². The molecular weight excluding hydrogens is 354 g/mol. The first kappa shape index (κ1) is 20.5. The number of rotatable bonds is 11. The van der Waals surface area contributed by atoms with Crippen molar-refractivity contribution >= 4 is 11.6 Å². The monoisotopic (exact) mass is 379 g/mol. The lowest BCUT2D eigenvalue weighted by atomic mass is 10.2. The number of methoxy groups -OCH3 is 1. The summed E-state index contributed by atoms with van der Waals surface area (Å²) in [5.74, 6) is 1.38. The summed E-state index contributed by atoms with van der Waals surface area (Å²) in [7, 11) is 1.63. The zero-order valence-electron chi connectivity index (χ0n) is 15.2. The summed E-state index contributed by atoms with van der Waals surface area (Å²) >= 11 is 5.78. The fourth-order valence-electron chi connectivity index (χ4n) is 2.31. The fraction of sp³-hybridized carbons (Fsp3) is 0.421. The van der Waals surface area contributed by atoms with E-state index in [4.69, 9.17) is 21.1 Å². The SMILES string of the molecule is COc1cc(CNCCNC[C@H](C)O)ccc1OCc1ccc(Cl)nc1. The van der Waals surface area contributed by atoms with E-state index < -0.39 is 0 Å². The van der Waals surface area contributed by atoms with Gasteiger partial charge in [0.05, 0.1) is 13.2 Å². The highest BCUT2D eigenvalue weighted by atomic mass is 35.5. The lowest BCUT2D eigenvalue weighted by molar-refractivity contribution is 0.191. The van der Waals surface area contributed by atoms with E-state index in [1.807, 2.05) is 24.3 Å². The van der Waals surface area contributed by atoms with Gasteiger partial charge in [-0.3, -0.25) is 0 Å². The highest BCUT2D eigenvalue weighted by Crippen LogP contribution is 2.28. The van der Waals surface area contributed by atoms with Crippen LogP contribution in [-0.4, -0.2) is 42.9 Å². The third-order valence-electron chi connectivity index (χ3n) is 3.66. The van der Waals surface area contributed by atoms with Crippen LogP contribution in [0, 0.1) is 0 Å². The van der Waals surface area contributed by atoms with E-state index >= 15 is 0 Å². The van der Waals surface area contributed by atoms with Crippen molar-refractivity contribution in [2.45, 2.75) is 26.2 Å². The van der Waals surface area contributed by atoms with Crippen LogP contribution in [-0.2, 0) is 13.2 Å². The quantitative estimate of drug-likeness (QED) is 0.411. The topological polar surface area (TPSA) is 75.6 Å². The second-order valence-electron chi connectivity index (χ2n) is 5.99. The van der Waals surface area contributed by atoms with Crippen LogP contribution >= 0.6 is 11.6 Å². The van der Waals surface area contributed by atoms with Crippen LogP contribution in [0.1, 0.15) is 18.1 Å². The fourth-order valence-corrected chi connectivity index (χ4v) is 2.43. The number of nitrogens with zero attached hydrogens (tertiary/aromatic N) is 1. The lowest BCUT2D eigenvalue weighted by Crippen LogP contribution is -2.31. The predicted octanol–water partition coefficient (Wildman–Crippen LogP) is 2.38. The summed E-state index contributed by atoms with van der Waals surface area (Å²) in [5.41, 5.74) is 2.05. The van der Waals surface area contributed by atoms with Crippen molar-refractivity contribution in [3.8, 4) is 11.5 Å². The van der Waals surface area contributed by atoms with Crippen LogP contribution in [0.5, 0.6) is 11.5 Å². The first-order chi connectivity index (χ1) is 12.6. The van der Waals surface area contributed by atoms with Gasteiger partial charge in [0.2, 0.25) is 0 Å². The highest BCUT2D eigenvalue weighted by Gasteiger charge is 2.07. The summed E-state index contributed by atoms with van der Waals surface area (Å²) in [5, 5.41) is 16.2. The van der Waals surface area contributed by atoms with Crippen molar-refractivity contribution in [2.75, 3.05) is 26.7 Å². The zero-order chi connectivity index (χ0) is 18.8. The Morgan fingerprint density at radius 3 is 2.58 bits per heavy atom. The maximum absolute atomic E-state index is 9.18. The van der Waals surface area contributed by atoms with Crippen LogP contribution in [0.3, 0.4) is 0 Å². The number of benzene rings is 1. The minimum Gasteiger partial charge on any atom is -0.493 e. The number of ether oxygens (including phenoxy) is 2. The number of hydrogen-bond donors (Lipinski definition) is 3. The van der Waals surface area contributed by atoms with Crippen LogP contribution < -0.4 is 20.1 Å². The minimum atomic E-state index is -0.324. The number of halogens is 1. The van der Waals surface area contributed by atoms with Crippen molar-refractivity contribution in [3.63, 3.8) is 0 Å². The highest BCUT2D eigenvalue weighted by molar-refractivity contribution is 6.29. The Bertz CT molecular complexity index is 666. The molecule has 0 radical (unpaired) electrons. The number of hydrogen-bond acceptors (Lipinski definition) is 6. The molecule has 0 spiro atoms. The Morgan fingerprint density at radius 2 is 1.88 bits per heavy atom. The normalized spacial score (nSPS) is 12.0. The van der Waals surface area contributed by atoms with Gasteiger partial charge in [0.1, 0.15) is 11.8 Å². The van der Waals surface area contributed by atoms with E-state index in [9.17, 15) is 5.11 Å². The zero-order valence-corrected chi connectivity index (χ0v) is 15.9. The molecule has 7 heteroatoms. The van der Waals surface area contributed by atoms with Crippen molar-refractivity contribution < 1.29 is 14.6 Å². The molecule has 0 bridgehead atoms. The van der Waals surface area contributed by atoms with E-state index in [0.717, 1.165) is 30.8 Å². The number of aromatic nitrogens is 1. The third kappa shape index (κ3) is 7.17. The molecule has 0 amide bonds. The molecule has 1 heterocycles. The van der Waals surface area contributed by atoms with Gasteiger partial charge in [-0.05, 0) is 30.7 Å². The third-order valence-corrected chi connectivity index (χ3v) is 3.88. The Hall–Kier alpha value is -1.86. The van der Waals surface area contributed by atoms with Gasteiger partial charge in [0, 0.05) is 37.9 Å². The molecular formula is C19H26ClN3O3. The lowest BCUT2D eigenvalue weighted by Gasteiger charge is -2.13. The summed E-state index contributed by atoms with van der Waals surface area (Å²) in [4.78, 5) is 4.04. The number of aliphatic hydroxyl groups is 1. The standard InChI is InChI=1S/C19H26ClN3O3/c1-14(24)10-21-7-8-22-11-15-3-5-17(18(9-15)25-2)26-13-16-4-6-19(20)23-12-16/h3-6,9,12,14,21-22,24H,7-8,10-11,13H2,1-2H3/t14-/m0/s1. The van der Waals surface area contributed by atoms with Crippen molar-refractivity contribution in [1.29, 1.82) is 0 Å². The molecule has 0 saturated heterocycles. The summed E-state index contributed by atoms with van der Waals surface area (Å²) in [6.45, 7) is 5.11. The van der Waals surface area contributed by atoms with Gasteiger partial charge >= 0.3 is 0 Å². The first-order valence-corrected chi connectivity index (χ1v) is 8.96. The summed E-state index contributed by atoms with van der Waals surface area (Å²) in [6.07, 6.45) is 1.37. The molecule has 26 heavy (non-hydrogen) atoms. The van der Waals surface area contributed by atoms with Gasteiger partial charge in [-0.25, -0.2) is 4.98 Å². The molecule has 2 rings (SSSR count). The number of nitrogens with one attached hydrogen (secondary N) is 2. The maximum atomic E-state index is 9.18. The second kappa shape index (κ2) is 11.0. The molecule has 0 saturated carbocycles. The number of pyridine rings is 1. The van der Waals surface area contributed by atoms with E-state index in [2.05, 4.69) is 15.6 Å². The average molecular weight is 380 g/mol. The van der Waals surface area contributed by atoms with Gasteiger partial charge in [-0.2, -0.15) is 0 Å². The van der Waals surface area contributed by atoms with E-state index in [-0.39, 0.29) is 6.10 Å². The molecule has 1 aromatic carbocycles.